The lowest BCUT2D eigenvalue weighted by Crippen LogP contribution is -2.41. The van der Waals surface area contributed by atoms with Crippen molar-refractivity contribution in [2.24, 2.45) is 0 Å². The molecule has 1 atom stereocenters. The molecule has 0 fully saturated rings. The van der Waals surface area contributed by atoms with Crippen LogP contribution < -0.4 is 0 Å². The van der Waals surface area contributed by atoms with Gasteiger partial charge in [-0.25, -0.2) is 0 Å². The van der Waals surface area contributed by atoms with Crippen molar-refractivity contribution in [2.45, 2.75) is 25.4 Å². The molecule has 0 aromatic heterocycles. The van der Waals surface area contributed by atoms with Crippen molar-refractivity contribution >= 4 is 8.07 Å². The van der Waals surface area contributed by atoms with E-state index in [1.54, 1.807) is 0 Å². The second-order valence-corrected chi connectivity index (χ2v) is 9.08. The van der Waals surface area contributed by atoms with Crippen LogP contribution in [-0.4, -0.2) is 43.8 Å². The van der Waals surface area contributed by atoms with E-state index < -0.39 is 8.07 Å². The summed E-state index contributed by atoms with van der Waals surface area (Å²) in [6.45, 7) is 6.95. The summed E-state index contributed by atoms with van der Waals surface area (Å²) in [4.78, 5) is 0. The summed E-state index contributed by atoms with van der Waals surface area (Å²) in [5, 5.41) is 17.9. The molecule has 0 spiro atoms. The van der Waals surface area contributed by atoms with E-state index >= 15 is 0 Å². The molecule has 0 amide bonds. The highest BCUT2D eigenvalue weighted by molar-refractivity contribution is 6.77. The molecule has 11 heavy (non-hydrogen) atoms. The molecular weight excluding hydrogens is 160 g/mol. The van der Waals surface area contributed by atoms with Crippen molar-refractivity contribution in [3.05, 3.63) is 0 Å². The smallest absolute Gasteiger partial charge is 0.0811 e. The Balaban J connectivity index is 3.44. The van der Waals surface area contributed by atoms with Gasteiger partial charge in [-0.3, -0.25) is 0 Å². The fraction of sp³-hybridized carbons (Fsp3) is 1.00. The lowest BCUT2D eigenvalue weighted by atomic mass is 10.7. The van der Waals surface area contributed by atoms with E-state index in [2.05, 4.69) is 19.6 Å². The van der Waals surface area contributed by atoms with Gasteiger partial charge < -0.3 is 14.9 Å². The van der Waals surface area contributed by atoms with E-state index in [1.807, 2.05) is 0 Å². The highest BCUT2D eigenvalue weighted by Gasteiger charge is 2.24. The van der Waals surface area contributed by atoms with Crippen LogP contribution >= 0.6 is 0 Å². The molecule has 0 aliphatic heterocycles. The summed E-state index contributed by atoms with van der Waals surface area (Å²) in [6, 6.07) is 0. The van der Waals surface area contributed by atoms with Crippen LogP contribution in [0.4, 0.5) is 0 Å². The second kappa shape index (κ2) is 4.87. The van der Waals surface area contributed by atoms with Gasteiger partial charge in [0, 0.05) is 0 Å². The van der Waals surface area contributed by atoms with Crippen molar-refractivity contribution in [3.8, 4) is 0 Å². The first-order valence-corrected chi connectivity index (χ1v) is 7.43. The minimum atomic E-state index is -1.46. The van der Waals surface area contributed by atoms with Gasteiger partial charge in [0.15, 0.2) is 0 Å². The highest BCUT2D eigenvalue weighted by atomic mass is 28.3. The van der Waals surface area contributed by atoms with Crippen molar-refractivity contribution in [1.82, 2.24) is 0 Å². The van der Waals surface area contributed by atoms with Crippen LogP contribution in [-0.2, 0) is 4.74 Å². The molecule has 0 bridgehead atoms. The zero-order valence-electron chi connectivity index (χ0n) is 7.50. The van der Waals surface area contributed by atoms with Gasteiger partial charge >= 0.3 is 0 Å². The van der Waals surface area contributed by atoms with Crippen molar-refractivity contribution in [2.75, 3.05) is 19.8 Å². The van der Waals surface area contributed by atoms with Gasteiger partial charge in [0.1, 0.15) is 0 Å². The summed E-state index contributed by atoms with van der Waals surface area (Å²) < 4.78 is 5.01. The normalized spacial score (nSPS) is 15.0. The molecule has 0 saturated heterocycles. The first-order valence-electron chi connectivity index (χ1n) is 3.85. The summed E-state index contributed by atoms with van der Waals surface area (Å²) >= 11 is 0. The minimum Gasteiger partial charge on any atom is -0.394 e. The number of aliphatic hydroxyl groups is 2. The predicted octanol–water partition coefficient (Wildman–Crippen LogP) is 0.234. The van der Waals surface area contributed by atoms with Crippen LogP contribution in [0.15, 0.2) is 0 Å². The molecule has 68 valence electrons. The molecule has 4 heteroatoms. The maximum atomic E-state index is 9.47. The Hall–Kier alpha value is 0.0969. The Bertz CT molecular complexity index is 100. The largest absolute Gasteiger partial charge is 0.394 e. The van der Waals surface area contributed by atoms with E-state index in [0.717, 1.165) is 0 Å². The van der Waals surface area contributed by atoms with Crippen LogP contribution in [0.5, 0.6) is 0 Å². The Morgan fingerprint density at radius 2 is 1.91 bits per heavy atom. The average molecular weight is 178 g/mol. The van der Waals surface area contributed by atoms with Crippen LogP contribution in [0.25, 0.3) is 0 Å². The fourth-order valence-corrected chi connectivity index (χ4v) is 1.13. The predicted molar refractivity (Wildman–Crippen MR) is 47.3 cm³/mol. The van der Waals surface area contributed by atoms with Gasteiger partial charge in [-0.15, -0.1) is 0 Å². The first-order chi connectivity index (χ1) is 4.98. The van der Waals surface area contributed by atoms with E-state index in [1.165, 1.54) is 0 Å². The first kappa shape index (κ1) is 11.1. The van der Waals surface area contributed by atoms with Gasteiger partial charge in [0.25, 0.3) is 0 Å². The lowest BCUT2D eigenvalue weighted by Gasteiger charge is -2.23. The van der Waals surface area contributed by atoms with Gasteiger partial charge in [0.2, 0.25) is 0 Å². The molecule has 0 aliphatic carbocycles. The lowest BCUT2D eigenvalue weighted by molar-refractivity contribution is 0.0475. The number of ether oxygens (including phenoxy) is 1. The summed E-state index contributed by atoms with van der Waals surface area (Å²) in [7, 11) is -1.46. The zero-order valence-corrected chi connectivity index (χ0v) is 8.50. The molecule has 0 saturated carbocycles. The fourth-order valence-electron chi connectivity index (χ4n) is 0.510. The van der Waals surface area contributed by atoms with E-state index in [9.17, 15) is 5.11 Å². The van der Waals surface area contributed by atoms with Gasteiger partial charge in [-0.05, 0) is 0 Å². The molecule has 1 unspecified atom stereocenters. The maximum Gasteiger partial charge on any atom is 0.0811 e. The summed E-state index contributed by atoms with van der Waals surface area (Å²) in [5.41, 5.74) is -0.325. The number of hydrogen-bond acceptors (Lipinski definition) is 3. The van der Waals surface area contributed by atoms with Gasteiger partial charge in [0.05, 0.1) is 33.6 Å². The van der Waals surface area contributed by atoms with Crippen LogP contribution in [0.1, 0.15) is 0 Å². The van der Waals surface area contributed by atoms with Crippen LogP contribution in [0.2, 0.25) is 19.6 Å². The molecule has 0 radical (unpaired) electrons. The quantitative estimate of drug-likeness (QED) is 0.468. The van der Waals surface area contributed by atoms with Crippen molar-refractivity contribution < 1.29 is 14.9 Å². The molecule has 3 nitrogen and oxygen atoms in total. The molecule has 0 rings (SSSR count). The topological polar surface area (TPSA) is 49.7 Å². The molecule has 0 aliphatic rings. The molecule has 0 aromatic carbocycles. The Labute approximate surface area is 69.0 Å². The third-order valence-corrected chi connectivity index (χ3v) is 3.68. The number of hydrogen-bond donors (Lipinski definition) is 2. The molecule has 2 N–H and O–H groups in total. The minimum absolute atomic E-state index is 0.0262. The highest BCUT2D eigenvalue weighted by Crippen LogP contribution is 2.07. The Morgan fingerprint density at radius 1 is 1.36 bits per heavy atom. The van der Waals surface area contributed by atoms with Crippen molar-refractivity contribution in [3.63, 3.8) is 0 Å². The van der Waals surface area contributed by atoms with Gasteiger partial charge in [-0.1, -0.05) is 19.6 Å². The Morgan fingerprint density at radius 3 is 2.27 bits per heavy atom. The molecule has 0 heterocycles. The third kappa shape index (κ3) is 5.38. The SMILES string of the molecule is C[Si](C)(C)C(O)COCCO. The van der Waals surface area contributed by atoms with Crippen molar-refractivity contribution in [1.29, 1.82) is 0 Å². The van der Waals surface area contributed by atoms with Gasteiger partial charge in [-0.2, -0.15) is 0 Å². The molecule has 0 aromatic rings. The average Bonchev–Trinajstić information content (AvgIpc) is 1.86. The maximum absolute atomic E-state index is 9.47. The summed E-state index contributed by atoms with van der Waals surface area (Å²) in [6.07, 6.45) is 0. The van der Waals surface area contributed by atoms with E-state index in [-0.39, 0.29) is 12.3 Å². The number of rotatable bonds is 5. The monoisotopic (exact) mass is 178 g/mol. The third-order valence-electron chi connectivity index (χ3n) is 1.51. The van der Waals surface area contributed by atoms with E-state index in [0.29, 0.717) is 13.2 Å². The number of aliphatic hydroxyl groups excluding tert-OH is 2. The standard InChI is InChI=1S/C7H18O3Si/c1-11(2,3)7(9)6-10-5-4-8/h7-9H,4-6H2,1-3H3. The Kier molecular flexibility index (Phi) is 4.91. The second-order valence-electron chi connectivity index (χ2n) is 3.68. The zero-order chi connectivity index (χ0) is 8.91. The van der Waals surface area contributed by atoms with E-state index in [4.69, 9.17) is 9.84 Å². The summed E-state index contributed by atoms with van der Waals surface area (Å²) in [5.74, 6) is 0. The molecular formula is C7H18O3Si. The van der Waals surface area contributed by atoms with Crippen LogP contribution in [0, 0.1) is 0 Å². The van der Waals surface area contributed by atoms with Crippen LogP contribution in [0.3, 0.4) is 0 Å².